The highest BCUT2D eigenvalue weighted by molar-refractivity contribution is 5.96. The molecule has 2 fully saturated rings. The highest BCUT2D eigenvalue weighted by atomic mass is 16.3. The Labute approximate surface area is 120 Å². The molecule has 1 spiro atoms. The van der Waals surface area contributed by atoms with Crippen LogP contribution in [0.1, 0.15) is 54.4 Å². The summed E-state index contributed by atoms with van der Waals surface area (Å²) in [5.74, 6) is 0.284. The molecule has 2 aliphatic rings. The molecule has 0 unspecified atom stereocenters. The van der Waals surface area contributed by atoms with Gasteiger partial charge in [-0.25, -0.2) is 0 Å². The largest absolute Gasteiger partial charge is 0.508 e. The lowest BCUT2D eigenvalue weighted by Crippen LogP contribution is -2.42. The van der Waals surface area contributed by atoms with Gasteiger partial charge >= 0.3 is 0 Å². The van der Waals surface area contributed by atoms with Crippen molar-refractivity contribution in [3.05, 3.63) is 29.3 Å². The van der Waals surface area contributed by atoms with E-state index in [2.05, 4.69) is 0 Å². The number of phenols is 1. The van der Waals surface area contributed by atoms with Crippen LogP contribution in [0.4, 0.5) is 0 Å². The Bertz CT molecular complexity index is 508. The van der Waals surface area contributed by atoms with Crippen LogP contribution in [0.3, 0.4) is 0 Å². The van der Waals surface area contributed by atoms with Crippen molar-refractivity contribution in [2.24, 2.45) is 5.41 Å². The van der Waals surface area contributed by atoms with Crippen molar-refractivity contribution in [3.8, 4) is 5.75 Å². The van der Waals surface area contributed by atoms with Crippen molar-refractivity contribution in [2.45, 2.75) is 45.4 Å². The van der Waals surface area contributed by atoms with Gasteiger partial charge in [0.25, 0.3) is 5.91 Å². The van der Waals surface area contributed by atoms with E-state index in [0.717, 1.165) is 25.9 Å². The molecule has 108 valence electrons. The lowest BCUT2D eigenvalue weighted by Gasteiger charge is -2.39. The van der Waals surface area contributed by atoms with Crippen molar-refractivity contribution < 1.29 is 9.90 Å². The summed E-state index contributed by atoms with van der Waals surface area (Å²) < 4.78 is 0. The fourth-order valence-electron chi connectivity index (χ4n) is 3.83. The highest BCUT2D eigenvalue weighted by Crippen LogP contribution is 2.46. The van der Waals surface area contributed by atoms with E-state index in [1.807, 2.05) is 17.9 Å². The molecule has 1 saturated heterocycles. The van der Waals surface area contributed by atoms with Crippen LogP contribution < -0.4 is 0 Å². The third-order valence-corrected chi connectivity index (χ3v) is 5.31. The molecule has 3 nitrogen and oxygen atoms in total. The Balaban J connectivity index is 1.71. The lowest BCUT2D eigenvalue weighted by molar-refractivity contribution is 0.0586. The predicted molar refractivity (Wildman–Crippen MR) is 78.9 cm³/mol. The summed E-state index contributed by atoms with van der Waals surface area (Å²) >= 11 is 0. The van der Waals surface area contributed by atoms with Crippen molar-refractivity contribution >= 4 is 5.91 Å². The zero-order chi connectivity index (χ0) is 14.2. The Kier molecular flexibility index (Phi) is 3.45. The summed E-state index contributed by atoms with van der Waals surface area (Å²) in [7, 11) is 0. The number of hydrogen-bond donors (Lipinski definition) is 1. The smallest absolute Gasteiger partial charge is 0.254 e. The molecule has 20 heavy (non-hydrogen) atoms. The standard InChI is InChI=1S/C17H23NO2/c1-13-14(5-4-6-15(13)19)16(20)18-11-9-17(10-12-18)7-2-3-8-17/h4-6,19H,2-3,7-12H2,1H3. The van der Waals surface area contributed by atoms with E-state index in [1.165, 1.54) is 25.7 Å². The molecule has 1 aromatic rings. The monoisotopic (exact) mass is 273 g/mol. The highest BCUT2D eigenvalue weighted by Gasteiger charge is 2.38. The van der Waals surface area contributed by atoms with Crippen LogP contribution in [0.5, 0.6) is 5.75 Å². The van der Waals surface area contributed by atoms with Crippen molar-refractivity contribution in [2.75, 3.05) is 13.1 Å². The lowest BCUT2D eigenvalue weighted by atomic mass is 9.77. The van der Waals surface area contributed by atoms with Crippen LogP contribution in [0.15, 0.2) is 18.2 Å². The second kappa shape index (κ2) is 5.12. The Morgan fingerprint density at radius 2 is 1.80 bits per heavy atom. The van der Waals surface area contributed by atoms with Crippen molar-refractivity contribution in [3.63, 3.8) is 0 Å². The van der Waals surface area contributed by atoms with Gasteiger partial charge in [-0.1, -0.05) is 18.9 Å². The third kappa shape index (κ3) is 2.30. The topological polar surface area (TPSA) is 40.5 Å². The van der Waals surface area contributed by atoms with Crippen molar-refractivity contribution in [1.29, 1.82) is 0 Å². The number of amides is 1. The first-order valence-corrected chi connectivity index (χ1v) is 7.69. The summed E-state index contributed by atoms with van der Waals surface area (Å²) in [6, 6.07) is 5.20. The van der Waals surface area contributed by atoms with Gasteiger partial charge in [-0.05, 0) is 50.2 Å². The van der Waals surface area contributed by atoms with Gasteiger partial charge in [-0.2, -0.15) is 0 Å². The minimum absolute atomic E-state index is 0.0752. The van der Waals surface area contributed by atoms with Gasteiger partial charge in [0.05, 0.1) is 0 Å². The SMILES string of the molecule is Cc1c(O)cccc1C(=O)N1CCC2(CCCC2)CC1. The van der Waals surface area contributed by atoms with E-state index < -0.39 is 0 Å². The molecule has 0 atom stereocenters. The maximum absolute atomic E-state index is 12.6. The second-order valence-electron chi connectivity index (χ2n) is 6.45. The van der Waals surface area contributed by atoms with E-state index >= 15 is 0 Å². The van der Waals surface area contributed by atoms with E-state index in [9.17, 15) is 9.90 Å². The van der Waals surface area contributed by atoms with Gasteiger partial charge < -0.3 is 10.0 Å². The van der Waals surface area contributed by atoms with Gasteiger partial charge in [0.15, 0.2) is 0 Å². The summed E-state index contributed by atoms with van der Waals surface area (Å²) in [5.41, 5.74) is 1.87. The van der Waals surface area contributed by atoms with Gasteiger partial charge in [0, 0.05) is 24.2 Å². The number of phenolic OH excluding ortho intramolecular Hbond substituents is 1. The Morgan fingerprint density at radius 3 is 2.45 bits per heavy atom. The number of carbonyl (C=O) groups excluding carboxylic acids is 1. The Morgan fingerprint density at radius 1 is 1.15 bits per heavy atom. The first-order chi connectivity index (χ1) is 9.61. The molecule has 1 amide bonds. The van der Waals surface area contributed by atoms with Crippen LogP contribution >= 0.6 is 0 Å². The second-order valence-corrected chi connectivity index (χ2v) is 6.45. The summed E-state index contributed by atoms with van der Waals surface area (Å²) in [6.07, 6.45) is 7.72. The van der Waals surface area contributed by atoms with Crippen LogP contribution in [0, 0.1) is 12.3 Å². The molecule has 1 aliphatic heterocycles. The first-order valence-electron chi connectivity index (χ1n) is 7.69. The number of rotatable bonds is 1. The molecule has 1 saturated carbocycles. The summed E-state index contributed by atoms with van der Waals surface area (Å²) in [6.45, 7) is 3.55. The zero-order valence-electron chi connectivity index (χ0n) is 12.2. The van der Waals surface area contributed by atoms with Crippen LogP contribution in [-0.4, -0.2) is 29.0 Å². The van der Waals surface area contributed by atoms with Crippen LogP contribution in [0.25, 0.3) is 0 Å². The van der Waals surface area contributed by atoms with E-state index in [0.29, 0.717) is 16.5 Å². The minimum Gasteiger partial charge on any atom is -0.508 e. The van der Waals surface area contributed by atoms with Crippen LogP contribution in [0.2, 0.25) is 0 Å². The number of likely N-dealkylation sites (tertiary alicyclic amines) is 1. The van der Waals surface area contributed by atoms with Gasteiger partial charge in [-0.15, -0.1) is 0 Å². The Hall–Kier alpha value is -1.51. The molecule has 1 aromatic carbocycles. The average Bonchev–Trinajstić information content (AvgIpc) is 2.90. The number of benzene rings is 1. The molecule has 1 N–H and O–H groups in total. The molecule has 0 aromatic heterocycles. The van der Waals surface area contributed by atoms with Gasteiger partial charge in [0.2, 0.25) is 0 Å². The molecule has 0 radical (unpaired) electrons. The quantitative estimate of drug-likeness (QED) is 0.850. The first kappa shape index (κ1) is 13.5. The number of carbonyl (C=O) groups is 1. The maximum Gasteiger partial charge on any atom is 0.254 e. The summed E-state index contributed by atoms with van der Waals surface area (Å²) in [5, 5.41) is 9.74. The fourth-order valence-corrected chi connectivity index (χ4v) is 3.83. The number of nitrogens with zero attached hydrogens (tertiary/aromatic N) is 1. The normalized spacial score (nSPS) is 21.4. The fraction of sp³-hybridized carbons (Fsp3) is 0.588. The minimum atomic E-state index is 0.0752. The van der Waals surface area contributed by atoms with Crippen molar-refractivity contribution in [1.82, 2.24) is 4.90 Å². The zero-order valence-corrected chi connectivity index (χ0v) is 12.2. The van der Waals surface area contributed by atoms with Gasteiger partial charge in [0.1, 0.15) is 5.75 Å². The third-order valence-electron chi connectivity index (χ3n) is 5.31. The van der Waals surface area contributed by atoms with E-state index in [-0.39, 0.29) is 11.7 Å². The van der Waals surface area contributed by atoms with E-state index in [4.69, 9.17) is 0 Å². The molecular weight excluding hydrogens is 250 g/mol. The average molecular weight is 273 g/mol. The number of aromatic hydroxyl groups is 1. The van der Waals surface area contributed by atoms with E-state index in [1.54, 1.807) is 12.1 Å². The molecule has 0 bridgehead atoms. The van der Waals surface area contributed by atoms with Crippen LogP contribution in [-0.2, 0) is 0 Å². The summed E-state index contributed by atoms with van der Waals surface area (Å²) in [4.78, 5) is 14.6. The number of piperidine rings is 1. The maximum atomic E-state index is 12.6. The van der Waals surface area contributed by atoms with Gasteiger partial charge in [-0.3, -0.25) is 4.79 Å². The molecule has 3 heteroatoms. The number of hydrogen-bond acceptors (Lipinski definition) is 2. The predicted octanol–water partition coefficient (Wildman–Crippen LogP) is 3.50. The molecule has 1 heterocycles. The molecule has 3 rings (SSSR count). The molecule has 1 aliphatic carbocycles. The molecular formula is C17H23NO2.